The number of alkyl halides is 3. The van der Waals surface area contributed by atoms with Crippen molar-refractivity contribution in [3.05, 3.63) is 29.8 Å². The summed E-state index contributed by atoms with van der Waals surface area (Å²) in [6, 6.07) is 4.20. The van der Waals surface area contributed by atoms with Gasteiger partial charge in [-0.3, -0.25) is 19.8 Å². The fraction of sp³-hybridized carbons (Fsp3) is 0.556. The van der Waals surface area contributed by atoms with E-state index in [4.69, 9.17) is 0 Å². The number of ether oxygens (including phenoxy) is 1. The highest BCUT2D eigenvalue weighted by Crippen LogP contribution is 2.24. The quantitative estimate of drug-likeness (QED) is 0.700. The first-order valence-electron chi connectivity index (χ1n) is 9.17. The Morgan fingerprint density at radius 1 is 1.25 bits per heavy atom. The second kappa shape index (κ2) is 8.36. The van der Waals surface area contributed by atoms with Gasteiger partial charge in [0.05, 0.1) is 18.5 Å². The standard InChI is InChI=1S/C18H23F3N4O3/c1-11(12-4-6-13(7-5-12)28-18(19,20)21)22-16(27)14-10-15(26)24-17(23-14)25-8-2-3-9-25/h4-7,11,14,17,23H,2-3,8-10H2,1H3,(H,22,27)(H,24,26)/t11-,14?,17?/m1/s1. The van der Waals surface area contributed by atoms with E-state index in [1.54, 1.807) is 6.92 Å². The largest absolute Gasteiger partial charge is 0.573 e. The van der Waals surface area contributed by atoms with E-state index in [-0.39, 0.29) is 30.3 Å². The molecule has 0 aliphatic carbocycles. The first kappa shape index (κ1) is 20.4. The fourth-order valence-electron chi connectivity index (χ4n) is 3.41. The molecule has 0 spiro atoms. The van der Waals surface area contributed by atoms with Crippen LogP contribution in [-0.4, -0.2) is 48.5 Å². The number of nitrogens with one attached hydrogen (secondary N) is 3. The van der Waals surface area contributed by atoms with Crippen LogP contribution in [0, 0.1) is 0 Å². The van der Waals surface area contributed by atoms with Crippen LogP contribution < -0.4 is 20.7 Å². The Hall–Kier alpha value is -2.33. The number of hydrogen-bond donors (Lipinski definition) is 3. The van der Waals surface area contributed by atoms with Gasteiger partial charge in [-0.25, -0.2) is 0 Å². The molecule has 1 aromatic carbocycles. The second-order valence-corrected chi connectivity index (χ2v) is 6.98. The third-order valence-electron chi connectivity index (χ3n) is 4.84. The minimum absolute atomic E-state index is 0.0290. The average Bonchev–Trinajstić information content (AvgIpc) is 3.15. The van der Waals surface area contributed by atoms with E-state index in [0.29, 0.717) is 5.56 Å². The molecule has 2 amide bonds. The molecular weight excluding hydrogens is 377 g/mol. The molecule has 2 aliphatic heterocycles. The fourth-order valence-corrected chi connectivity index (χ4v) is 3.41. The first-order chi connectivity index (χ1) is 13.2. The third kappa shape index (κ3) is 5.35. The number of hydrogen-bond acceptors (Lipinski definition) is 5. The molecule has 1 aromatic rings. The minimum atomic E-state index is -4.75. The molecule has 2 saturated heterocycles. The van der Waals surface area contributed by atoms with Gasteiger partial charge in [0.1, 0.15) is 12.0 Å². The van der Waals surface area contributed by atoms with Crippen LogP contribution in [0.15, 0.2) is 24.3 Å². The monoisotopic (exact) mass is 400 g/mol. The van der Waals surface area contributed by atoms with Crippen molar-refractivity contribution >= 4 is 11.8 Å². The zero-order chi connectivity index (χ0) is 20.3. The van der Waals surface area contributed by atoms with Crippen molar-refractivity contribution in [2.75, 3.05) is 13.1 Å². The van der Waals surface area contributed by atoms with Crippen LogP contribution in [-0.2, 0) is 9.59 Å². The third-order valence-corrected chi connectivity index (χ3v) is 4.84. The highest BCUT2D eigenvalue weighted by atomic mass is 19.4. The molecule has 7 nitrogen and oxygen atoms in total. The van der Waals surface area contributed by atoms with Crippen LogP contribution in [0.3, 0.4) is 0 Å². The summed E-state index contributed by atoms with van der Waals surface area (Å²) in [5.74, 6) is -0.854. The lowest BCUT2D eigenvalue weighted by atomic mass is 10.1. The van der Waals surface area contributed by atoms with Gasteiger partial charge in [-0.15, -0.1) is 13.2 Å². The summed E-state index contributed by atoms with van der Waals surface area (Å²) in [7, 11) is 0. The first-order valence-corrected chi connectivity index (χ1v) is 9.17. The maximum absolute atomic E-state index is 12.6. The Morgan fingerprint density at radius 2 is 1.89 bits per heavy atom. The lowest BCUT2D eigenvalue weighted by molar-refractivity contribution is -0.274. The molecule has 3 N–H and O–H groups in total. The molecule has 28 heavy (non-hydrogen) atoms. The van der Waals surface area contributed by atoms with Crippen molar-refractivity contribution in [3.8, 4) is 5.75 Å². The number of rotatable bonds is 5. The zero-order valence-electron chi connectivity index (χ0n) is 15.4. The highest BCUT2D eigenvalue weighted by molar-refractivity contribution is 5.89. The SMILES string of the molecule is C[C@@H](NC(=O)C1CC(=O)NC(N2CCCC2)N1)c1ccc(OC(F)(F)F)cc1. The van der Waals surface area contributed by atoms with E-state index < -0.39 is 18.4 Å². The van der Waals surface area contributed by atoms with Gasteiger partial charge in [-0.1, -0.05) is 12.1 Å². The number of benzene rings is 1. The van der Waals surface area contributed by atoms with E-state index in [0.717, 1.165) is 25.9 Å². The van der Waals surface area contributed by atoms with Gasteiger partial charge in [0.15, 0.2) is 0 Å². The average molecular weight is 400 g/mol. The molecule has 0 radical (unpaired) electrons. The predicted molar refractivity (Wildman–Crippen MR) is 94.0 cm³/mol. The molecular formula is C18H23F3N4O3. The molecule has 0 saturated carbocycles. The van der Waals surface area contributed by atoms with Crippen LogP contribution in [0.2, 0.25) is 0 Å². The van der Waals surface area contributed by atoms with Gasteiger partial charge in [0.25, 0.3) is 0 Å². The molecule has 154 valence electrons. The smallest absolute Gasteiger partial charge is 0.406 e. The van der Waals surface area contributed by atoms with Crippen molar-refractivity contribution in [2.45, 2.75) is 50.9 Å². The van der Waals surface area contributed by atoms with Crippen LogP contribution in [0.1, 0.15) is 37.8 Å². The lowest BCUT2D eigenvalue weighted by Gasteiger charge is -2.36. The van der Waals surface area contributed by atoms with Crippen molar-refractivity contribution < 1.29 is 27.5 Å². The maximum Gasteiger partial charge on any atom is 0.573 e. The van der Waals surface area contributed by atoms with Crippen molar-refractivity contribution in [1.82, 2.24) is 20.9 Å². The molecule has 2 aliphatic rings. The summed E-state index contributed by atoms with van der Waals surface area (Å²) < 4.78 is 40.5. The molecule has 2 fully saturated rings. The Kier molecular flexibility index (Phi) is 6.09. The maximum atomic E-state index is 12.6. The van der Waals surface area contributed by atoms with Gasteiger partial charge >= 0.3 is 6.36 Å². The number of amides is 2. The molecule has 3 rings (SSSR count). The van der Waals surface area contributed by atoms with Crippen molar-refractivity contribution in [2.24, 2.45) is 0 Å². The summed E-state index contributed by atoms with van der Waals surface area (Å²) in [5.41, 5.74) is 0.624. The van der Waals surface area contributed by atoms with Gasteiger partial charge in [0, 0.05) is 13.1 Å². The summed E-state index contributed by atoms with van der Waals surface area (Å²) >= 11 is 0. The van der Waals surface area contributed by atoms with Crippen molar-refractivity contribution in [1.29, 1.82) is 0 Å². The lowest BCUT2D eigenvalue weighted by Crippen LogP contribution is -2.66. The van der Waals surface area contributed by atoms with E-state index in [9.17, 15) is 22.8 Å². The molecule has 0 aromatic heterocycles. The van der Waals surface area contributed by atoms with Gasteiger partial charge in [-0.2, -0.15) is 0 Å². The Bertz CT molecular complexity index is 705. The molecule has 10 heteroatoms. The normalized spacial score (nSPS) is 24.5. The molecule has 3 atom stereocenters. The zero-order valence-corrected chi connectivity index (χ0v) is 15.4. The number of halogens is 3. The van der Waals surface area contributed by atoms with Gasteiger partial charge in [0.2, 0.25) is 11.8 Å². The van der Waals surface area contributed by atoms with Crippen LogP contribution in [0.4, 0.5) is 13.2 Å². The topological polar surface area (TPSA) is 82.7 Å². The van der Waals surface area contributed by atoms with Gasteiger partial charge < -0.3 is 15.4 Å². The summed E-state index contributed by atoms with van der Waals surface area (Å²) in [5, 5.41) is 8.80. The minimum Gasteiger partial charge on any atom is -0.406 e. The Labute approximate surface area is 160 Å². The summed E-state index contributed by atoms with van der Waals surface area (Å²) in [4.78, 5) is 26.7. The van der Waals surface area contributed by atoms with Crippen LogP contribution >= 0.6 is 0 Å². The Balaban J connectivity index is 1.57. The number of carbonyl (C=O) groups is 2. The number of carbonyl (C=O) groups excluding carboxylic acids is 2. The summed E-state index contributed by atoms with van der Waals surface area (Å²) in [6.07, 6.45) is -2.98. The van der Waals surface area contributed by atoms with E-state index in [2.05, 4.69) is 25.6 Å². The number of likely N-dealkylation sites (tertiary alicyclic amines) is 1. The van der Waals surface area contributed by atoms with E-state index >= 15 is 0 Å². The van der Waals surface area contributed by atoms with E-state index in [1.165, 1.54) is 24.3 Å². The molecule has 2 heterocycles. The van der Waals surface area contributed by atoms with Crippen LogP contribution in [0.25, 0.3) is 0 Å². The summed E-state index contributed by atoms with van der Waals surface area (Å²) in [6.45, 7) is 3.43. The number of nitrogens with zero attached hydrogens (tertiary/aromatic N) is 1. The van der Waals surface area contributed by atoms with Gasteiger partial charge in [-0.05, 0) is 37.5 Å². The highest BCUT2D eigenvalue weighted by Gasteiger charge is 2.35. The van der Waals surface area contributed by atoms with Crippen molar-refractivity contribution in [3.63, 3.8) is 0 Å². The Morgan fingerprint density at radius 3 is 2.50 bits per heavy atom. The molecule has 2 unspecified atom stereocenters. The second-order valence-electron chi connectivity index (χ2n) is 6.98. The predicted octanol–water partition coefficient (Wildman–Crippen LogP) is 1.62. The molecule has 0 bridgehead atoms. The van der Waals surface area contributed by atoms with Crippen LogP contribution in [0.5, 0.6) is 5.75 Å². The van der Waals surface area contributed by atoms with E-state index in [1.807, 2.05) is 0 Å².